The average Bonchev–Trinajstić information content (AvgIpc) is 3.49. The molecule has 1 saturated heterocycles. The van der Waals surface area contributed by atoms with Gasteiger partial charge in [0.15, 0.2) is 0 Å². The van der Waals surface area contributed by atoms with Gasteiger partial charge >= 0.3 is 0 Å². The molecule has 0 aliphatic carbocycles. The van der Waals surface area contributed by atoms with Crippen LogP contribution in [0.3, 0.4) is 0 Å². The summed E-state index contributed by atoms with van der Waals surface area (Å²) in [6, 6.07) is 14.9. The van der Waals surface area contributed by atoms with Crippen LogP contribution in [0.15, 0.2) is 48.5 Å². The number of nitrogens with zero attached hydrogens (tertiary/aromatic N) is 4. The van der Waals surface area contributed by atoms with Crippen molar-refractivity contribution in [1.29, 1.82) is 0 Å². The molecule has 1 spiro atoms. The molecule has 0 saturated carbocycles. The third-order valence-corrected chi connectivity index (χ3v) is 6.32. The van der Waals surface area contributed by atoms with E-state index in [1.807, 2.05) is 47.4 Å². The molecule has 8 nitrogen and oxygen atoms in total. The van der Waals surface area contributed by atoms with E-state index >= 15 is 0 Å². The first-order chi connectivity index (χ1) is 14.7. The standard InChI is InChI=1S/C22H22N6O2/c1-2-7-18-22(16-10-5-6-11-17(16)23-21(22)30)12-13-28(18)20(29)15-9-4-3-8-14(15)19-24-26-27-25-19/h3-6,8-11,18H,2,7,12-13H2,1H3,(H,23,30)(H,24,25,26,27)/t18-,22+/m0/s1. The molecule has 152 valence electrons. The largest absolute Gasteiger partial charge is 0.334 e. The fraction of sp³-hybridized carbons (Fsp3) is 0.318. The van der Waals surface area contributed by atoms with Crippen molar-refractivity contribution < 1.29 is 9.59 Å². The molecule has 0 bridgehead atoms. The lowest BCUT2D eigenvalue weighted by atomic mass is 9.73. The van der Waals surface area contributed by atoms with Gasteiger partial charge in [-0.1, -0.05) is 49.7 Å². The van der Waals surface area contributed by atoms with Crippen molar-refractivity contribution in [1.82, 2.24) is 25.5 Å². The molecule has 1 aromatic heterocycles. The molecule has 2 aliphatic rings. The van der Waals surface area contributed by atoms with Crippen molar-refractivity contribution in [3.05, 3.63) is 59.7 Å². The van der Waals surface area contributed by atoms with E-state index in [1.165, 1.54) is 0 Å². The van der Waals surface area contributed by atoms with Crippen LogP contribution >= 0.6 is 0 Å². The minimum Gasteiger partial charge on any atom is -0.334 e. The number of hydrogen-bond donors (Lipinski definition) is 2. The summed E-state index contributed by atoms with van der Waals surface area (Å²) >= 11 is 0. The monoisotopic (exact) mass is 402 g/mol. The van der Waals surface area contributed by atoms with E-state index in [-0.39, 0.29) is 17.9 Å². The van der Waals surface area contributed by atoms with Crippen LogP contribution in [-0.2, 0) is 10.2 Å². The molecule has 2 amide bonds. The van der Waals surface area contributed by atoms with Gasteiger partial charge < -0.3 is 10.2 Å². The zero-order chi connectivity index (χ0) is 20.7. The molecule has 1 fully saturated rings. The topological polar surface area (TPSA) is 104 Å². The van der Waals surface area contributed by atoms with Crippen LogP contribution in [0.5, 0.6) is 0 Å². The number of rotatable bonds is 4. The maximum atomic E-state index is 13.7. The summed E-state index contributed by atoms with van der Waals surface area (Å²) in [7, 11) is 0. The van der Waals surface area contributed by atoms with E-state index in [0.717, 1.165) is 24.1 Å². The summed E-state index contributed by atoms with van der Waals surface area (Å²) in [6.45, 7) is 2.60. The van der Waals surface area contributed by atoms with Crippen LogP contribution in [-0.4, -0.2) is 49.9 Å². The third kappa shape index (κ3) is 2.56. The number of aromatic amines is 1. The Kier molecular flexibility index (Phi) is 4.34. The molecule has 8 heteroatoms. The van der Waals surface area contributed by atoms with Gasteiger partial charge in [0, 0.05) is 17.8 Å². The lowest BCUT2D eigenvalue weighted by Gasteiger charge is -2.34. The Balaban J connectivity index is 1.57. The molecular formula is C22H22N6O2. The highest BCUT2D eigenvalue weighted by molar-refractivity contribution is 6.08. The number of tetrazole rings is 1. The Morgan fingerprint density at radius 2 is 2.00 bits per heavy atom. The third-order valence-electron chi connectivity index (χ3n) is 6.32. The molecule has 3 heterocycles. The molecule has 5 rings (SSSR count). The second-order valence-electron chi connectivity index (χ2n) is 7.81. The number of aromatic nitrogens is 4. The SMILES string of the molecule is CCC[C@@H]1N(C(=O)c2ccccc2-c2nn[nH]n2)CC[C@]12C(=O)Nc1ccccc12. The maximum Gasteiger partial charge on any atom is 0.254 e. The first-order valence-corrected chi connectivity index (χ1v) is 10.2. The molecule has 2 aromatic carbocycles. The van der Waals surface area contributed by atoms with Crippen LogP contribution < -0.4 is 5.32 Å². The second-order valence-corrected chi connectivity index (χ2v) is 7.81. The second kappa shape index (κ2) is 7.05. The Morgan fingerprint density at radius 1 is 1.20 bits per heavy atom. The number of H-pyrrole nitrogens is 1. The van der Waals surface area contributed by atoms with Gasteiger partial charge in [0.2, 0.25) is 11.7 Å². The van der Waals surface area contributed by atoms with Crippen molar-refractivity contribution in [2.75, 3.05) is 11.9 Å². The fourth-order valence-corrected chi connectivity index (χ4v) is 5.02. The Hall–Kier alpha value is -3.55. The van der Waals surface area contributed by atoms with E-state index < -0.39 is 5.41 Å². The Labute approximate surface area is 173 Å². The summed E-state index contributed by atoms with van der Waals surface area (Å²) in [5.74, 6) is 0.260. The number of anilines is 1. The number of carbonyl (C=O) groups excluding carboxylic acids is 2. The van der Waals surface area contributed by atoms with Crippen molar-refractivity contribution in [3.8, 4) is 11.4 Å². The predicted octanol–water partition coefficient (Wildman–Crippen LogP) is 2.77. The van der Waals surface area contributed by atoms with Gasteiger partial charge in [-0.25, -0.2) is 0 Å². The Morgan fingerprint density at radius 3 is 2.80 bits per heavy atom. The first-order valence-electron chi connectivity index (χ1n) is 10.2. The lowest BCUT2D eigenvalue weighted by molar-refractivity contribution is -0.121. The minimum atomic E-state index is -0.705. The molecular weight excluding hydrogens is 380 g/mol. The normalized spacial score (nSPS) is 22.4. The van der Waals surface area contributed by atoms with Gasteiger partial charge in [0.05, 0.1) is 17.0 Å². The summed E-state index contributed by atoms with van der Waals surface area (Å²) in [6.07, 6.45) is 2.23. The zero-order valence-corrected chi connectivity index (χ0v) is 16.6. The van der Waals surface area contributed by atoms with Crippen molar-refractivity contribution >= 4 is 17.5 Å². The van der Waals surface area contributed by atoms with Crippen LogP contribution in [0, 0.1) is 0 Å². The fourth-order valence-electron chi connectivity index (χ4n) is 5.02. The number of fused-ring (bicyclic) bond motifs is 2. The van der Waals surface area contributed by atoms with E-state index in [4.69, 9.17) is 0 Å². The quantitative estimate of drug-likeness (QED) is 0.698. The highest BCUT2D eigenvalue weighted by Crippen LogP contribution is 2.49. The van der Waals surface area contributed by atoms with E-state index in [9.17, 15) is 9.59 Å². The van der Waals surface area contributed by atoms with Gasteiger partial charge in [-0.15, -0.1) is 10.2 Å². The van der Waals surface area contributed by atoms with E-state index in [2.05, 4.69) is 32.9 Å². The van der Waals surface area contributed by atoms with Crippen LogP contribution in [0.1, 0.15) is 42.1 Å². The molecule has 3 aromatic rings. The number of benzene rings is 2. The predicted molar refractivity (Wildman–Crippen MR) is 111 cm³/mol. The van der Waals surface area contributed by atoms with E-state index in [0.29, 0.717) is 29.9 Å². The number of carbonyl (C=O) groups is 2. The molecule has 30 heavy (non-hydrogen) atoms. The number of nitrogens with one attached hydrogen (secondary N) is 2. The molecule has 2 aliphatic heterocycles. The number of para-hydroxylation sites is 1. The maximum absolute atomic E-state index is 13.7. The van der Waals surface area contributed by atoms with Crippen LogP contribution in [0.4, 0.5) is 5.69 Å². The Bertz CT molecular complexity index is 1110. The van der Waals surface area contributed by atoms with Gasteiger partial charge in [-0.2, -0.15) is 5.21 Å². The summed E-state index contributed by atoms with van der Waals surface area (Å²) < 4.78 is 0. The highest BCUT2D eigenvalue weighted by Gasteiger charge is 2.58. The van der Waals surface area contributed by atoms with Crippen LogP contribution in [0.2, 0.25) is 0 Å². The zero-order valence-electron chi connectivity index (χ0n) is 16.6. The smallest absolute Gasteiger partial charge is 0.254 e. The van der Waals surface area contributed by atoms with Crippen molar-refractivity contribution in [2.45, 2.75) is 37.6 Å². The average molecular weight is 402 g/mol. The highest BCUT2D eigenvalue weighted by atomic mass is 16.2. The molecule has 2 atom stereocenters. The van der Waals surface area contributed by atoms with Gasteiger partial charge in [0.25, 0.3) is 5.91 Å². The number of likely N-dealkylation sites (tertiary alicyclic amines) is 1. The number of amides is 2. The number of hydrogen-bond acceptors (Lipinski definition) is 5. The summed E-state index contributed by atoms with van der Waals surface area (Å²) in [5, 5.41) is 17.2. The molecule has 0 radical (unpaired) electrons. The molecule has 2 N–H and O–H groups in total. The minimum absolute atomic E-state index is 0.0103. The molecule has 0 unspecified atom stereocenters. The van der Waals surface area contributed by atoms with E-state index in [1.54, 1.807) is 6.07 Å². The lowest BCUT2D eigenvalue weighted by Crippen LogP contribution is -2.48. The van der Waals surface area contributed by atoms with Crippen molar-refractivity contribution in [3.63, 3.8) is 0 Å². The van der Waals surface area contributed by atoms with Gasteiger partial charge in [-0.3, -0.25) is 9.59 Å². The van der Waals surface area contributed by atoms with Crippen molar-refractivity contribution in [2.24, 2.45) is 0 Å². The summed E-state index contributed by atoms with van der Waals surface area (Å²) in [4.78, 5) is 28.8. The van der Waals surface area contributed by atoms with Gasteiger partial charge in [0.1, 0.15) is 0 Å². The summed E-state index contributed by atoms with van der Waals surface area (Å²) in [5.41, 5.74) is 2.29. The van der Waals surface area contributed by atoms with Gasteiger partial charge in [-0.05, 0) is 35.8 Å². The van der Waals surface area contributed by atoms with Crippen LogP contribution in [0.25, 0.3) is 11.4 Å². The first kappa shape index (κ1) is 18.5.